The third-order valence-electron chi connectivity index (χ3n) is 2.50. The number of nitrogens with one attached hydrogen (secondary N) is 1. The molecule has 1 unspecified atom stereocenters. The van der Waals surface area contributed by atoms with Gasteiger partial charge in [0.15, 0.2) is 0 Å². The van der Waals surface area contributed by atoms with Crippen LogP contribution in [0.5, 0.6) is 0 Å². The lowest BCUT2D eigenvalue weighted by Crippen LogP contribution is -2.33. The van der Waals surface area contributed by atoms with Crippen LogP contribution < -0.4 is 5.32 Å². The Balaban J connectivity index is 2.40. The smallest absolute Gasteiger partial charge is 0.0541 e. The van der Waals surface area contributed by atoms with Gasteiger partial charge in [0.25, 0.3) is 0 Å². The molecule has 0 spiro atoms. The molecule has 0 aliphatic carbocycles. The number of nitrogens with zero attached hydrogens (tertiary/aromatic N) is 1. The molecule has 1 N–H and O–H groups in total. The summed E-state index contributed by atoms with van der Waals surface area (Å²) < 4.78 is 0. The second kappa shape index (κ2) is 6.81. The van der Waals surface area contributed by atoms with Crippen LogP contribution in [0.2, 0.25) is 0 Å². The summed E-state index contributed by atoms with van der Waals surface area (Å²) in [5, 5.41) is 3.49. The Morgan fingerprint density at radius 1 is 1.40 bits per heavy atom. The zero-order chi connectivity index (χ0) is 11.1. The summed E-state index contributed by atoms with van der Waals surface area (Å²) in [5.41, 5.74) is 1.08. The molecule has 0 amide bonds. The van der Waals surface area contributed by atoms with E-state index in [2.05, 4.69) is 24.1 Å². The van der Waals surface area contributed by atoms with Crippen molar-refractivity contribution in [2.45, 2.75) is 32.9 Å². The summed E-state index contributed by atoms with van der Waals surface area (Å²) in [6.45, 7) is 5.24. The van der Waals surface area contributed by atoms with Gasteiger partial charge in [0.2, 0.25) is 0 Å². The van der Waals surface area contributed by atoms with Crippen LogP contribution in [0, 0.1) is 5.92 Å². The first-order valence-corrected chi connectivity index (χ1v) is 5.96. The van der Waals surface area contributed by atoms with Gasteiger partial charge in [-0.05, 0) is 24.5 Å². The van der Waals surface area contributed by atoms with Crippen molar-refractivity contribution in [3.8, 4) is 0 Å². The fraction of sp³-hybridized carbons (Fsp3) is 0.583. The molecule has 0 aliphatic rings. The van der Waals surface area contributed by atoms with Crippen LogP contribution >= 0.6 is 11.6 Å². The van der Waals surface area contributed by atoms with E-state index in [1.54, 1.807) is 0 Å². The Morgan fingerprint density at radius 2 is 2.20 bits per heavy atom. The number of aromatic nitrogens is 1. The Kier molecular flexibility index (Phi) is 5.66. The SMILES string of the molecule is CC(C)C(CCCl)NCc1ccccn1. The van der Waals surface area contributed by atoms with Gasteiger partial charge in [0.1, 0.15) is 0 Å². The van der Waals surface area contributed by atoms with Gasteiger partial charge in [-0.15, -0.1) is 11.6 Å². The summed E-state index contributed by atoms with van der Waals surface area (Å²) in [5.74, 6) is 1.31. The van der Waals surface area contributed by atoms with Gasteiger partial charge < -0.3 is 5.32 Å². The maximum atomic E-state index is 5.77. The molecule has 1 rings (SSSR count). The van der Waals surface area contributed by atoms with E-state index >= 15 is 0 Å². The minimum atomic E-state index is 0.476. The predicted octanol–water partition coefficient (Wildman–Crippen LogP) is 2.82. The van der Waals surface area contributed by atoms with E-state index in [1.807, 2.05) is 24.4 Å². The molecule has 1 aromatic heterocycles. The first-order chi connectivity index (χ1) is 7.24. The van der Waals surface area contributed by atoms with Crippen LogP contribution in [0.4, 0.5) is 0 Å². The highest BCUT2D eigenvalue weighted by atomic mass is 35.5. The molecule has 0 aliphatic heterocycles. The van der Waals surface area contributed by atoms with E-state index in [9.17, 15) is 0 Å². The van der Waals surface area contributed by atoms with Crippen LogP contribution in [0.15, 0.2) is 24.4 Å². The number of rotatable bonds is 6. The fourth-order valence-electron chi connectivity index (χ4n) is 1.53. The van der Waals surface area contributed by atoms with E-state index < -0.39 is 0 Å². The molecular formula is C12H19ClN2. The lowest BCUT2D eigenvalue weighted by molar-refractivity contribution is 0.387. The van der Waals surface area contributed by atoms with Gasteiger partial charge in [-0.3, -0.25) is 4.98 Å². The number of pyridine rings is 1. The van der Waals surface area contributed by atoms with Crippen molar-refractivity contribution in [2.24, 2.45) is 5.92 Å². The highest BCUT2D eigenvalue weighted by molar-refractivity contribution is 6.17. The molecule has 0 aromatic carbocycles. The third kappa shape index (κ3) is 4.63. The first-order valence-electron chi connectivity index (χ1n) is 5.43. The van der Waals surface area contributed by atoms with Crippen molar-refractivity contribution in [2.75, 3.05) is 5.88 Å². The number of hydrogen-bond donors (Lipinski definition) is 1. The topological polar surface area (TPSA) is 24.9 Å². The predicted molar refractivity (Wildman–Crippen MR) is 65.0 cm³/mol. The quantitative estimate of drug-likeness (QED) is 0.755. The van der Waals surface area contributed by atoms with Gasteiger partial charge in [0.05, 0.1) is 5.69 Å². The minimum absolute atomic E-state index is 0.476. The molecule has 84 valence electrons. The number of alkyl halides is 1. The number of halogens is 1. The molecule has 1 aromatic rings. The van der Waals surface area contributed by atoms with Gasteiger partial charge in [0, 0.05) is 24.7 Å². The maximum absolute atomic E-state index is 5.77. The standard InChI is InChI=1S/C12H19ClN2/c1-10(2)12(6-7-13)15-9-11-5-3-4-8-14-11/h3-5,8,10,12,15H,6-7,9H2,1-2H3. The molecular weight excluding hydrogens is 208 g/mol. The molecule has 0 fully saturated rings. The van der Waals surface area contributed by atoms with E-state index in [1.165, 1.54) is 0 Å². The summed E-state index contributed by atoms with van der Waals surface area (Å²) in [4.78, 5) is 4.27. The average molecular weight is 227 g/mol. The second-order valence-corrected chi connectivity index (χ2v) is 4.41. The van der Waals surface area contributed by atoms with Gasteiger partial charge >= 0.3 is 0 Å². The van der Waals surface area contributed by atoms with Crippen molar-refractivity contribution in [1.29, 1.82) is 0 Å². The van der Waals surface area contributed by atoms with E-state index in [0.29, 0.717) is 17.8 Å². The largest absolute Gasteiger partial charge is 0.308 e. The van der Waals surface area contributed by atoms with Crippen LogP contribution in [0.3, 0.4) is 0 Å². The molecule has 0 saturated carbocycles. The second-order valence-electron chi connectivity index (χ2n) is 4.03. The summed E-state index contributed by atoms with van der Waals surface area (Å²) in [6, 6.07) is 6.45. The average Bonchev–Trinajstić information content (AvgIpc) is 2.25. The normalized spacial score (nSPS) is 13.1. The minimum Gasteiger partial charge on any atom is -0.308 e. The van der Waals surface area contributed by atoms with Crippen LogP contribution in [-0.4, -0.2) is 16.9 Å². The highest BCUT2D eigenvalue weighted by Crippen LogP contribution is 2.08. The molecule has 1 heterocycles. The molecule has 0 radical (unpaired) electrons. The van der Waals surface area contributed by atoms with Crippen molar-refractivity contribution in [1.82, 2.24) is 10.3 Å². The Morgan fingerprint density at radius 3 is 2.73 bits per heavy atom. The molecule has 2 nitrogen and oxygen atoms in total. The number of hydrogen-bond acceptors (Lipinski definition) is 2. The van der Waals surface area contributed by atoms with Gasteiger partial charge in [-0.1, -0.05) is 19.9 Å². The van der Waals surface area contributed by atoms with Crippen molar-refractivity contribution < 1.29 is 0 Å². The Hall–Kier alpha value is -0.600. The van der Waals surface area contributed by atoms with Gasteiger partial charge in [-0.25, -0.2) is 0 Å². The molecule has 1 atom stereocenters. The van der Waals surface area contributed by atoms with Crippen molar-refractivity contribution in [3.63, 3.8) is 0 Å². The summed E-state index contributed by atoms with van der Waals surface area (Å²) >= 11 is 5.77. The highest BCUT2D eigenvalue weighted by Gasteiger charge is 2.11. The zero-order valence-electron chi connectivity index (χ0n) is 9.41. The van der Waals surface area contributed by atoms with Crippen LogP contribution in [0.1, 0.15) is 26.0 Å². The van der Waals surface area contributed by atoms with Crippen molar-refractivity contribution in [3.05, 3.63) is 30.1 Å². The molecule has 15 heavy (non-hydrogen) atoms. The molecule has 0 saturated heterocycles. The Bertz CT molecular complexity index is 262. The van der Waals surface area contributed by atoms with Crippen LogP contribution in [-0.2, 0) is 6.54 Å². The van der Waals surface area contributed by atoms with E-state index in [0.717, 1.165) is 18.7 Å². The van der Waals surface area contributed by atoms with Crippen molar-refractivity contribution >= 4 is 11.6 Å². The first kappa shape index (κ1) is 12.5. The summed E-state index contributed by atoms with van der Waals surface area (Å²) in [7, 11) is 0. The summed E-state index contributed by atoms with van der Waals surface area (Å²) in [6.07, 6.45) is 2.83. The van der Waals surface area contributed by atoms with Crippen LogP contribution in [0.25, 0.3) is 0 Å². The lowest BCUT2D eigenvalue weighted by Gasteiger charge is -2.21. The lowest BCUT2D eigenvalue weighted by atomic mass is 10.0. The Labute approximate surface area is 97.1 Å². The van der Waals surface area contributed by atoms with Gasteiger partial charge in [-0.2, -0.15) is 0 Å². The monoisotopic (exact) mass is 226 g/mol. The van der Waals surface area contributed by atoms with E-state index in [-0.39, 0.29) is 0 Å². The fourth-order valence-corrected chi connectivity index (χ4v) is 1.76. The maximum Gasteiger partial charge on any atom is 0.0541 e. The zero-order valence-corrected chi connectivity index (χ0v) is 10.2. The molecule has 3 heteroatoms. The third-order valence-corrected chi connectivity index (χ3v) is 2.71. The van der Waals surface area contributed by atoms with E-state index in [4.69, 9.17) is 11.6 Å². The molecule has 0 bridgehead atoms.